The average molecular weight is 236 g/mol. The van der Waals surface area contributed by atoms with E-state index in [1.807, 2.05) is 0 Å². The predicted octanol–water partition coefficient (Wildman–Crippen LogP) is 2.96. The molecule has 17 heavy (non-hydrogen) atoms. The molecule has 0 saturated heterocycles. The maximum atomic E-state index is 13.7. The molecule has 2 nitrogen and oxygen atoms in total. The third kappa shape index (κ3) is 1.86. The zero-order chi connectivity index (χ0) is 12.5. The fraction of sp³-hybridized carbons (Fsp3) is 0.154. The summed E-state index contributed by atoms with van der Waals surface area (Å²) in [6.07, 6.45) is 3.44. The van der Waals surface area contributed by atoms with E-state index in [9.17, 15) is 18.7 Å². The molecular weight excluding hydrogens is 226 g/mol. The zero-order valence-corrected chi connectivity index (χ0v) is 8.86. The second-order valence-electron chi connectivity index (χ2n) is 3.91. The van der Waals surface area contributed by atoms with E-state index in [1.54, 1.807) is 0 Å². The molecule has 1 aliphatic rings. The number of allylic oxidation sites excluding steroid dienone is 3. The molecule has 0 spiro atoms. The van der Waals surface area contributed by atoms with E-state index in [0.717, 1.165) is 0 Å². The summed E-state index contributed by atoms with van der Waals surface area (Å²) in [6.45, 7) is 0. The number of carboxylic acid groups (broad SMARTS) is 1. The van der Waals surface area contributed by atoms with Gasteiger partial charge in [0.05, 0.1) is 0 Å². The lowest BCUT2D eigenvalue weighted by Gasteiger charge is -2.28. The van der Waals surface area contributed by atoms with Gasteiger partial charge >= 0.3 is 5.97 Å². The van der Waals surface area contributed by atoms with E-state index in [4.69, 9.17) is 0 Å². The standard InChI is InChI=1S/C13H10F2O2/c14-9-4-3-7-13(8-9,12(16)17)10-5-1-2-6-11(10)15/h1-7H,8H2,(H,16,17). The Hall–Kier alpha value is -1.97. The summed E-state index contributed by atoms with van der Waals surface area (Å²) in [5.74, 6) is -2.48. The first-order valence-electron chi connectivity index (χ1n) is 5.08. The van der Waals surface area contributed by atoms with Crippen molar-refractivity contribution in [1.29, 1.82) is 0 Å². The average Bonchev–Trinajstić information content (AvgIpc) is 2.29. The van der Waals surface area contributed by atoms with Crippen LogP contribution in [-0.4, -0.2) is 11.1 Å². The van der Waals surface area contributed by atoms with Gasteiger partial charge in [0.1, 0.15) is 17.1 Å². The van der Waals surface area contributed by atoms with Gasteiger partial charge in [0, 0.05) is 12.0 Å². The summed E-state index contributed by atoms with van der Waals surface area (Å²) in [4.78, 5) is 11.4. The molecule has 0 saturated carbocycles. The lowest BCUT2D eigenvalue weighted by molar-refractivity contribution is -0.142. The second kappa shape index (κ2) is 4.13. The molecule has 88 valence electrons. The van der Waals surface area contributed by atoms with Crippen molar-refractivity contribution in [3.05, 3.63) is 59.7 Å². The topological polar surface area (TPSA) is 37.3 Å². The van der Waals surface area contributed by atoms with Crippen LogP contribution < -0.4 is 0 Å². The Labute approximate surface area is 96.9 Å². The molecule has 1 aromatic rings. The van der Waals surface area contributed by atoms with Gasteiger partial charge in [-0.1, -0.05) is 30.4 Å². The van der Waals surface area contributed by atoms with Gasteiger partial charge in [-0.2, -0.15) is 0 Å². The van der Waals surface area contributed by atoms with Crippen molar-refractivity contribution in [3.63, 3.8) is 0 Å². The number of hydrogen-bond acceptors (Lipinski definition) is 1. The highest BCUT2D eigenvalue weighted by Gasteiger charge is 2.42. The molecule has 0 aromatic heterocycles. The SMILES string of the molecule is O=C(O)C1(c2ccccc2F)C=CC=C(F)C1. The molecule has 0 bridgehead atoms. The second-order valence-corrected chi connectivity index (χ2v) is 3.91. The van der Waals surface area contributed by atoms with Crippen LogP contribution in [-0.2, 0) is 10.2 Å². The Bertz CT molecular complexity index is 520. The van der Waals surface area contributed by atoms with Gasteiger partial charge in [0.15, 0.2) is 0 Å². The van der Waals surface area contributed by atoms with Gasteiger partial charge in [0.25, 0.3) is 0 Å². The van der Waals surface area contributed by atoms with Crippen LogP contribution >= 0.6 is 0 Å². The van der Waals surface area contributed by atoms with Crippen LogP contribution in [0.4, 0.5) is 8.78 Å². The number of aliphatic carboxylic acids is 1. The van der Waals surface area contributed by atoms with Gasteiger partial charge in [-0.05, 0) is 12.1 Å². The van der Waals surface area contributed by atoms with E-state index in [-0.39, 0.29) is 12.0 Å². The number of rotatable bonds is 2. The summed E-state index contributed by atoms with van der Waals surface area (Å²) in [5.41, 5.74) is -1.67. The molecule has 0 radical (unpaired) electrons. The minimum Gasteiger partial charge on any atom is -0.480 e. The van der Waals surface area contributed by atoms with E-state index in [1.165, 1.54) is 42.5 Å². The van der Waals surface area contributed by atoms with Crippen molar-refractivity contribution in [2.75, 3.05) is 0 Å². The third-order valence-electron chi connectivity index (χ3n) is 2.84. The quantitative estimate of drug-likeness (QED) is 0.857. The molecule has 1 aliphatic carbocycles. The fourth-order valence-electron chi connectivity index (χ4n) is 1.97. The number of carboxylic acids is 1. The monoisotopic (exact) mass is 236 g/mol. The van der Waals surface area contributed by atoms with Crippen molar-refractivity contribution < 1.29 is 18.7 Å². The third-order valence-corrected chi connectivity index (χ3v) is 2.84. The summed E-state index contributed by atoms with van der Waals surface area (Å²) >= 11 is 0. The fourth-order valence-corrected chi connectivity index (χ4v) is 1.97. The molecule has 0 aliphatic heterocycles. The lowest BCUT2D eigenvalue weighted by Crippen LogP contribution is -2.36. The molecule has 1 N–H and O–H groups in total. The smallest absolute Gasteiger partial charge is 0.318 e. The van der Waals surface area contributed by atoms with Crippen molar-refractivity contribution in [2.24, 2.45) is 0 Å². The first kappa shape index (κ1) is 11.5. The Balaban J connectivity index is 2.58. The predicted molar refractivity (Wildman–Crippen MR) is 58.7 cm³/mol. The van der Waals surface area contributed by atoms with Gasteiger partial charge < -0.3 is 5.11 Å². The van der Waals surface area contributed by atoms with Gasteiger partial charge in [-0.25, -0.2) is 8.78 Å². The van der Waals surface area contributed by atoms with Crippen molar-refractivity contribution in [2.45, 2.75) is 11.8 Å². The van der Waals surface area contributed by atoms with Crippen LogP contribution in [0.25, 0.3) is 0 Å². The zero-order valence-electron chi connectivity index (χ0n) is 8.86. The highest BCUT2D eigenvalue weighted by Crippen LogP contribution is 2.37. The van der Waals surface area contributed by atoms with Crippen LogP contribution in [0, 0.1) is 5.82 Å². The Kier molecular flexibility index (Phi) is 2.79. The Morgan fingerprint density at radius 2 is 2.00 bits per heavy atom. The first-order chi connectivity index (χ1) is 8.06. The van der Waals surface area contributed by atoms with Crippen LogP contribution in [0.5, 0.6) is 0 Å². The van der Waals surface area contributed by atoms with Crippen molar-refractivity contribution >= 4 is 5.97 Å². The Morgan fingerprint density at radius 3 is 2.59 bits per heavy atom. The minimum absolute atomic E-state index is 0.0213. The van der Waals surface area contributed by atoms with Crippen molar-refractivity contribution in [3.8, 4) is 0 Å². The molecular formula is C13H10F2O2. The molecule has 1 aromatic carbocycles. The van der Waals surface area contributed by atoms with Crippen LogP contribution in [0.1, 0.15) is 12.0 Å². The normalized spacial score (nSPS) is 23.3. The maximum absolute atomic E-state index is 13.7. The molecule has 1 unspecified atom stereocenters. The lowest BCUT2D eigenvalue weighted by atomic mass is 9.75. The van der Waals surface area contributed by atoms with Crippen LogP contribution in [0.2, 0.25) is 0 Å². The van der Waals surface area contributed by atoms with Crippen LogP contribution in [0.15, 0.2) is 48.3 Å². The molecule has 2 rings (SSSR count). The van der Waals surface area contributed by atoms with E-state index in [0.29, 0.717) is 0 Å². The summed E-state index contributed by atoms with van der Waals surface area (Å²) in [7, 11) is 0. The van der Waals surface area contributed by atoms with Crippen molar-refractivity contribution in [1.82, 2.24) is 0 Å². The minimum atomic E-state index is -1.65. The molecule has 0 heterocycles. The number of carbonyl (C=O) groups is 1. The molecule has 1 atom stereocenters. The van der Waals surface area contributed by atoms with E-state index < -0.39 is 23.0 Å². The molecule has 4 heteroatoms. The van der Waals surface area contributed by atoms with Gasteiger partial charge in [-0.15, -0.1) is 0 Å². The van der Waals surface area contributed by atoms with E-state index in [2.05, 4.69) is 0 Å². The highest BCUT2D eigenvalue weighted by atomic mass is 19.1. The summed E-state index contributed by atoms with van der Waals surface area (Å²) < 4.78 is 26.9. The van der Waals surface area contributed by atoms with Gasteiger partial charge in [0.2, 0.25) is 0 Å². The Morgan fingerprint density at radius 1 is 1.29 bits per heavy atom. The van der Waals surface area contributed by atoms with Crippen LogP contribution in [0.3, 0.4) is 0 Å². The number of hydrogen-bond donors (Lipinski definition) is 1. The molecule has 0 fully saturated rings. The first-order valence-corrected chi connectivity index (χ1v) is 5.08. The highest BCUT2D eigenvalue weighted by molar-refractivity contribution is 5.85. The summed E-state index contributed by atoms with van der Waals surface area (Å²) in [6, 6.07) is 5.54. The maximum Gasteiger partial charge on any atom is 0.318 e. The van der Waals surface area contributed by atoms with Gasteiger partial charge in [-0.3, -0.25) is 4.79 Å². The largest absolute Gasteiger partial charge is 0.480 e. The van der Waals surface area contributed by atoms with E-state index >= 15 is 0 Å². The molecule has 0 amide bonds. The number of halogens is 2. The summed E-state index contributed by atoms with van der Waals surface area (Å²) in [5, 5.41) is 9.27. The number of benzene rings is 1.